The second-order valence-electron chi connectivity index (χ2n) is 6.13. The van der Waals surface area contributed by atoms with Crippen molar-refractivity contribution in [3.05, 3.63) is 41.7 Å². The van der Waals surface area contributed by atoms with Gasteiger partial charge < -0.3 is 4.74 Å². The Balaban J connectivity index is 1.66. The molecule has 1 aliphatic carbocycles. The van der Waals surface area contributed by atoms with Gasteiger partial charge in [0, 0.05) is 0 Å². The molecule has 5 heteroatoms. The number of aromatic nitrogens is 3. The first-order valence-corrected chi connectivity index (χ1v) is 8.45. The Morgan fingerprint density at radius 3 is 2.65 bits per heavy atom. The quantitative estimate of drug-likeness (QED) is 0.792. The van der Waals surface area contributed by atoms with E-state index in [1.807, 2.05) is 18.3 Å². The second-order valence-corrected chi connectivity index (χ2v) is 6.13. The summed E-state index contributed by atoms with van der Waals surface area (Å²) in [6.45, 7) is 2.18. The zero-order valence-electron chi connectivity index (χ0n) is 13.6. The van der Waals surface area contributed by atoms with Gasteiger partial charge in [0.1, 0.15) is 0 Å². The molecule has 1 aliphatic rings. The summed E-state index contributed by atoms with van der Waals surface area (Å²) in [5.74, 6) is 0.454. The first kappa shape index (κ1) is 15.7. The number of carbonyl (C=O) groups is 1. The first-order valence-electron chi connectivity index (χ1n) is 8.45. The lowest BCUT2D eigenvalue weighted by molar-refractivity contribution is 0.0526. The molecule has 0 atom stereocenters. The number of benzene rings is 1. The summed E-state index contributed by atoms with van der Waals surface area (Å²) in [5, 5.41) is 8.51. The minimum atomic E-state index is -0.296. The molecule has 1 heterocycles. The third-order valence-corrected chi connectivity index (χ3v) is 4.41. The standard InChI is InChI=1S/C18H23N3O2/c1-2-23-18(22)15-8-10-17(11-9-15)21-13-16(19-20-21)12-14-6-4-3-5-7-14/h8-11,13-14H,2-7,12H2,1H3. The highest BCUT2D eigenvalue weighted by atomic mass is 16.5. The van der Waals surface area contributed by atoms with Crippen LogP contribution in [-0.4, -0.2) is 27.6 Å². The van der Waals surface area contributed by atoms with E-state index >= 15 is 0 Å². The number of ether oxygens (including phenoxy) is 1. The third-order valence-electron chi connectivity index (χ3n) is 4.41. The fourth-order valence-corrected chi connectivity index (χ4v) is 3.17. The molecule has 0 bridgehead atoms. The molecular formula is C18H23N3O2. The van der Waals surface area contributed by atoms with Crippen LogP contribution in [0.2, 0.25) is 0 Å². The molecule has 1 fully saturated rings. The van der Waals surface area contributed by atoms with Gasteiger partial charge in [0.15, 0.2) is 0 Å². The predicted octanol–water partition coefficient (Wildman–Crippen LogP) is 3.57. The number of nitrogens with zero attached hydrogens (tertiary/aromatic N) is 3. The van der Waals surface area contributed by atoms with Gasteiger partial charge in [-0.2, -0.15) is 0 Å². The number of carbonyl (C=O) groups excluding carboxylic acids is 1. The van der Waals surface area contributed by atoms with Crippen LogP contribution in [0.15, 0.2) is 30.5 Å². The summed E-state index contributed by atoms with van der Waals surface area (Å²) in [7, 11) is 0. The Labute approximate surface area is 136 Å². The summed E-state index contributed by atoms with van der Waals surface area (Å²) in [6.07, 6.45) is 9.68. The molecule has 122 valence electrons. The van der Waals surface area contributed by atoms with Crippen molar-refractivity contribution in [2.75, 3.05) is 6.61 Å². The van der Waals surface area contributed by atoms with Gasteiger partial charge >= 0.3 is 5.97 Å². The molecule has 0 amide bonds. The first-order chi connectivity index (χ1) is 11.3. The fourth-order valence-electron chi connectivity index (χ4n) is 3.17. The summed E-state index contributed by atoms with van der Waals surface area (Å²) >= 11 is 0. The van der Waals surface area contributed by atoms with Crippen LogP contribution in [0.3, 0.4) is 0 Å². The van der Waals surface area contributed by atoms with E-state index in [1.165, 1.54) is 32.1 Å². The maximum Gasteiger partial charge on any atom is 0.338 e. The summed E-state index contributed by atoms with van der Waals surface area (Å²) in [5.41, 5.74) is 2.50. The minimum absolute atomic E-state index is 0.296. The SMILES string of the molecule is CCOC(=O)c1ccc(-n2cc(CC3CCCCC3)nn2)cc1. The van der Waals surface area contributed by atoms with Gasteiger partial charge in [0.05, 0.1) is 29.7 Å². The topological polar surface area (TPSA) is 57.0 Å². The van der Waals surface area contributed by atoms with E-state index in [2.05, 4.69) is 10.3 Å². The molecule has 0 aliphatic heterocycles. The lowest BCUT2D eigenvalue weighted by Crippen LogP contribution is -2.09. The van der Waals surface area contributed by atoms with E-state index in [4.69, 9.17) is 4.74 Å². The van der Waals surface area contributed by atoms with Gasteiger partial charge in [-0.3, -0.25) is 0 Å². The molecule has 0 radical (unpaired) electrons. The number of hydrogen-bond donors (Lipinski definition) is 0. The van der Waals surface area contributed by atoms with Crippen LogP contribution in [0.25, 0.3) is 5.69 Å². The van der Waals surface area contributed by atoms with Crippen molar-refractivity contribution >= 4 is 5.97 Å². The lowest BCUT2D eigenvalue weighted by Gasteiger charge is -2.19. The minimum Gasteiger partial charge on any atom is -0.462 e. The van der Waals surface area contributed by atoms with Crippen LogP contribution in [0, 0.1) is 5.92 Å². The highest BCUT2D eigenvalue weighted by Gasteiger charge is 2.16. The maximum atomic E-state index is 11.7. The van der Waals surface area contributed by atoms with Crippen molar-refractivity contribution < 1.29 is 9.53 Å². The van der Waals surface area contributed by atoms with Gasteiger partial charge in [0.2, 0.25) is 0 Å². The Hall–Kier alpha value is -2.17. The summed E-state index contributed by atoms with van der Waals surface area (Å²) < 4.78 is 6.76. The Morgan fingerprint density at radius 1 is 1.22 bits per heavy atom. The van der Waals surface area contributed by atoms with Crippen molar-refractivity contribution in [3.63, 3.8) is 0 Å². The van der Waals surface area contributed by atoms with Gasteiger partial charge in [-0.15, -0.1) is 5.10 Å². The smallest absolute Gasteiger partial charge is 0.338 e. The lowest BCUT2D eigenvalue weighted by atomic mass is 9.86. The summed E-state index contributed by atoms with van der Waals surface area (Å²) in [4.78, 5) is 11.7. The van der Waals surface area contributed by atoms with Gasteiger partial charge in [0.25, 0.3) is 0 Å². The molecule has 0 saturated heterocycles. The van der Waals surface area contributed by atoms with Gasteiger partial charge in [-0.25, -0.2) is 9.48 Å². The Morgan fingerprint density at radius 2 is 1.96 bits per heavy atom. The van der Waals surface area contributed by atoms with Crippen molar-refractivity contribution in [2.24, 2.45) is 5.92 Å². The molecule has 1 aromatic carbocycles. The van der Waals surface area contributed by atoms with Gasteiger partial charge in [-0.1, -0.05) is 37.3 Å². The monoisotopic (exact) mass is 313 g/mol. The zero-order chi connectivity index (χ0) is 16.1. The second kappa shape index (κ2) is 7.40. The zero-order valence-corrected chi connectivity index (χ0v) is 13.6. The Bertz CT molecular complexity index is 643. The van der Waals surface area contributed by atoms with Crippen molar-refractivity contribution in [2.45, 2.75) is 45.4 Å². The molecule has 0 spiro atoms. The van der Waals surface area contributed by atoms with Crippen molar-refractivity contribution in [3.8, 4) is 5.69 Å². The van der Waals surface area contributed by atoms with Crippen LogP contribution >= 0.6 is 0 Å². The Kier molecular flexibility index (Phi) is 5.05. The van der Waals surface area contributed by atoms with Crippen LogP contribution in [0.4, 0.5) is 0 Å². The number of rotatable bonds is 5. The molecule has 2 aromatic rings. The van der Waals surface area contributed by atoms with Crippen molar-refractivity contribution in [1.29, 1.82) is 0 Å². The van der Waals surface area contributed by atoms with E-state index in [0.717, 1.165) is 23.7 Å². The summed E-state index contributed by atoms with van der Waals surface area (Å²) in [6, 6.07) is 7.25. The van der Waals surface area contributed by atoms with Crippen LogP contribution in [0.1, 0.15) is 55.1 Å². The van der Waals surface area contributed by atoms with Crippen LogP contribution in [-0.2, 0) is 11.2 Å². The molecule has 1 saturated carbocycles. The normalized spacial score (nSPS) is 15.5. The van der Waals surface area contributed by atoms with E-state index in [1.54, 1.807) is 23.7 Å². The van der Waals surface area contributed by atoms with Gasteiger partial charge in [-0.05, 0) is 43.5 Å². The molecular weight excluding hydrogens is 290 g/mol. The molecule has 23 heavy (non-hydrogen) atoms. The average molecular weight is 313 g/mol. The maximum absolute atomic E-state index is 11.7. The third kappa shape index (κ3) is 3.97. The van der Waals surface area contributed by atoms with Crippen LogP contribution < -0.4 is 0 Å². The molecule has 1 aromatic heterocycles. The number of esters is 1. The number of hydrogen-bond acceptors (Lipinski definition) is 4. The fraction of sp³-hybridized carbons (Fsp3) is 0.500. The largest absolute Gasteiger partial charge is 0.462 e. The van der Waals surface area contributed by atoms with Crippen molar-refractivity contribution in [1.82, 2.24) is 15.0 Å². The van der Waals surface area contributed by atoms with E-state index in [9.17, 15) is 4.79 Å². The van der Waals surface area contributed by atoms with E-state index in [0.29, 0.717) is 12.2 Å². The highest BCUT2D eigenvalue weighted by molar-refractivity contribution is 5.89. The molecule has 3 rings (SSSR count). The highest BCUT2D eigenvalue weighted by Crippen LogP contribution is 2.26. The molecule has 0 unspecified atom stereocenters. The van der Waals surface area contributed by atoms with E-state index < -0.39 is 0 Å². The van der Waals surface area contributed by atoms with Crippen LogP contribution in [0.5, 0.6) is 0 Å². The molecule has 0 N–H and O–H groups in total. The average Bonchev–Trinajstić information content (AvgIpc) is 3.05. The molecule has 5 nitrogen and oxygen atoms in total. The predicted molar refractivity (Wildman–Crippen MR) is 87.6 cm³/mol. The van der Waals surface area contributed by atoms with E-state index in [-0.39, 0.29) is 5.97 Å².